The second-order valence-electron chi connectivity index (χ2n) is 4.24. The van der Waals surface area contributed by atoms with Crippen LogP contribution in [0.4, 0.5) is 13.2 Å². The molecule has 19 heavy (non-hydrogen) atoms. The third kappa shape index (κ3) is 8.00. The summed E-state index contributed by atoms with van der Waals surface area (Å²) in [4.78, 5) is 0.340. The molecule has 1 rings (SSSR count). The molecule has 0 radical (unpaired) electrons. The van der Waals surface area contributed by atoms with Crippen LogP contribution in [0.25, 0.3) is 0 Å². The molecule has 2 nitrogen and oxygen atoms in total. The zero-order valence-corrected chi connectivity index (χ0v) is 11.4. The molecule has 0 amide bonds. The third-order valence-electron chi connectivity index (χ3n) is 2.48. The monoisotopic (exact) mass is 293 g/mol. The van der Waals surface area contributed by atoms with Gasteiger partial charge in [-0.3, -0.25) is 0 Å². The molecule has 0 aromatic carbocycles. The first-order valence-electron chi connectivity index (χ1n) is 5.99. The van der Waals surface area contributed by atoms with Crippen LogP contribution in [0.1, 0.15) is 12.8 Å². The van der Waals surface area contributed by atoms with Crippen molar-refractivity contribution >= 4 is 11.8 Å². The maximum absolute atomic E-state index is 12.0. The lowest BCUT2D eigenvalue weighted by molar-refractivity contribution is -0.105. The van der Waals surface area contributed by atoms with Crippen molar-refractivity contribution in [2.24, 2.45) is 0 Å². The number of halogens is 3. The van der Waals surface area contributed by atoms with E-state index in [2.05, 4.69) is 18.5 Å². The molecule has 0 aromatic heterocycles. The van der Waals surface area contributed by atoms with Crippen LogP contribution in [0.3, 0.4) is 0 Å². The fourth-order valence-corrected chi connectivity index (χ4v) is 2.09. The molecule has 0 spiro atoms. The molecule has 1 N–H and O–H groups in total. The summed E-state index contributed by atoms with van der Waals surface area (Å²) in [6, 6.07) is 0. The van der Waals surface area contributed by atoms with Gasteiger partial charge in [-0.2, -0.15) is 13.2 Å². The molecule has 1 saturated heterocycles. The van der Waals surface area contributed by atoms with Gasteiger partial charge in [0.25, 0.3) is 0 Å². The maximum Gasteiger partial charge on any atom is 0.398 e. The number of nitrogens with one attached hydrogen (secondary N) is 1. The Morgan fingerprint density at radius 1 is 1.26 bits per heavy atom. The highest BCUT2D eigenvalue weighted by atomic mass is 32.2. The van der Waals surface area contributed by atoms with Gasteiger partial charge < -0.3 is 10.1 Å². The molecular weight excluding hydrogens is 275 g/mol. The van der Waals surface area contributed by atoms with Crippen LogP contribution in [-0.4, -0.2) is 31.1 Å². The number of hydrogen-bond donors (Lipinski definition) is 1. The standard InChI is InChI=1S/C13H18F3NOS/c1-10(18-12-5-7-17-8-6-12)3-4-11(2)19-9-13(14,15)16/h3-4,12,17H,1-2,5-9H2/b4-3-. The summed E-state index contributed by atoms with van der Waals surface area (Å²) in [5.41, 5.74) is 0. The van der Waals surface area contributed by atoms with E-state index in [0.717, 1.165) is 25.9 Å². The smallest absolute Gasteiger partial charge is 0.398 e. The van der Waals surface area contributed by atoms with E-state index in [1.165, 1.54) is 6.08 Å². The van der Waals surface area contributed by atoms with Gasteiger partial charge in [0.1, 0.15) is 11.9 Å². The number of rotatable bonds is 6. The average molecular weight is 293 g/mol. The number of hydrogen-bond acceptors (Lipinski definition) is 3. The van der Waals surface area contributed by atoms with Crippen LogP contribution in [0.5, 0.6) is 0 Å². The Morgan fingerprint density at radius 3 is 2.47 bits per heavy atom. The Bertz CT molecular complexity index is 346. The second kappa shape index (κ2) is 7.65. The molecule has 1 fully saturated rings. The SMILES string of the molecule is C=C(/C=C\C(=C)SCC(F)(F)F)OC1CCNCC1. The van der Waals surface area contributed by atoms with E-state index >= 15 is 0 Å². The Balaban J connectivity index is 2.26. The lowest BCUT2D eigenvalue weighted by atomic mass is 10.1. The fourth-order valence-electron chi connectivity index (χ4n) is 1.58. The maximum atomic E-state index is 12.0. The van der Waals surface area contributed by atoms with Gasteiger partial charge in [-0.1, -0.05) is 13.2 Å². The van der Waals surface area contributed by atoms with Gasteiger partial charge in [0.05, 0.1) is 5.75 Å². The zero-order valence-electron chi connectivity index (χ0n) is 10.6. The molecular formula is C13H18F3NOS. The highest BCUT2D eigenvalue weighted by Crippen LogP contribution is 2.26. The van der Waals surface area contributed by atoms with Crippen LogP contribution < -0.4 is 5.32 Å². The number of alkyl halides is 3. The van der Waals surface area contributed by atoms with Crippen LogP contribution in [0.15, 0.2) is 36.0 Å². The van der Waals surface area contributed by atoms with E-state index in [-0.39, 0.29) is 6.10 Å². The van der Waals surface area contributed by atoms with Crippen molar-refractivity contribution in [1.82, 2.24) is 5.32 Å². The van der Waals surface area contributed by atoms with Crippen LogP contribution in [0, 0.1) is 0 Å². The van der Waals surface area contributed by atoms with Crippen LogP contribution >= 0.6 is 11.8 Å². The molecule has 0 aromatic rings. The molecule has 0 atom stereocenters. The van der Waals surface area contributed by atoms with E-state index in [0.29, 0.717) is 22.4 Å². The van der Waals surface area contributed by atoms with Crippen LogP contribution in [0.2, 0.25) is 0 Å². The van der Waals surface area contributed by atoms with Crippen molar-refractivity contribution < 1.29 is 17.9 Å². The first-order chi connectivity index (χ1) is 8.87. The predicted octanol–water partition coefficient (Wildman–Crippen LogP) is 3.63. The van der Waals surface area contributed by atoms with Gasteiger partial charge in [0.15, 0.2) is 0 Å². The highest BCUT2D eigenvalue weighted by molar-refractivity contribution is 8.03. The molecule has 0 bridgehead atoms. The molecule has 6 heteroatoms. The Labute approximate surface area is 115 Å². The quantitative estimate of drug-likeness (QED) is 0.597. The van der Waals surface area contributed by atoms with Gasteiger partial charge in [-0.15, -0.1) is 11.8 Å². The minimum Gasteiger partial charge on any atom is -0.491 e. The Morgan fingerprint density at radius 2 is 1.89 bits per heavy atom. The average Bonchev–Trinajstić information content (AvgIpc) is 2.34. The van der Waals surface area contributed by atoms with Gasteiger partial charge in [-0.05, 0) is 38.1 Å². The van der Waals surface area contributed by atoms with Gasteiger partial charge in [0, 0.05) is 4.91 Å². The lowest BCUT2D eigenvalue weighted by Gasteiger charge is -2.23. The molecule has 1 aliphatic heterocycles. The van der Waals surface area contributed by atoms with Crippen molar-refractivity contribution in [3.8, 4) is 0 Å². The van der Waals surface area contributed by atoms with Crippen molar-refractivity contribution in [3.05, 3.63) is 36.0 Å². The summed E-state index contributed by atoms with van der Waals surface area (Å²) in [7, 11) is 0. The number of piperidine rings is 1. The van der Waals surface area contributed by atoms with E-state index < -0.39 is 11.9 Å². The van der Waals surface area contributed by atoms with Crippen LogP contribution in [-0.2, 0) is 4.74 Å². The van der Waals surface area contributed by atoms with Gasteiger partial charge in [0.2, 0.25) is 0 Å². The fraction of sp³-hybridized carbons (Fsp3) is 0.538. The largest absolute Gasteiger partial charge is 0.491 e. The van der Waals surface area contributed by atoms with E-state index in [1.54, 1.807) is 6.08 Å². The second-order valence-corrected chi connectivity index (χ2v) is 5.34. The van der Waals surface area contributed by atoms with Crippen molar-refractivity contribution in [2.75, 3.05) is 18.8 Å². The molecule has 0 aliphatic carbocycles. The summed E-state index contributed by atoms with van der Waals surface area (Å²) >= 11 is 0.658. The highest BCUT2D eigenvalue weighted by Gasteiger charge is 2.27. The first kappa shape index (κ1) is 16.2. The number of ether oxygens (including phenoxy) is 1. The summed E-state index contributed by atoms with van der Waals surface area (Å²) in [5.74, 6) is -0.474. The summed E-state index contributed by atoms with van der Waals surface area (Å²) in [6.45, 7) is 9.10. The Kier molecular flexibility index (Phi) is 6.51. The number of thioether (sulfide) groups is 1. The molecule has 0 unspecified atom stereocenters. The summed E-state index contributed by atoms with van der Waals surface area (Å²) in [5, 5.41) is 3.22. The zero-order chi connectivity index (χ0) is 14.3. The van der Waals surface area contributed by atoms with Gasteiger partial charge in [-0.25, -0.2) is 0 Å². The van der Waals surface area contributed by atoms with E-state index in [1.807, 2.05) is 0 Å². The number of allylic oxidation sites excluding steroid dienone is 2. The summed E-state index contributed by atoms with van der Waals surface area (Å²) < 4.78 is 41.6. The third-order valence-corrected chi connectivity index (χ3v) is 3.46. The topological polar surface area (TPSA) is 21.3 Å². The van der Waals surface area contributed by atoms with Gasteiger partial charge >= 0.3 is 6.18 Å². The Hall–Kier alpha value is -0.880. The van der Waals surface area contributed by atoms with E-state index in [4.69, 9.17) is 4.74 Å². The molecule has 1 aliphatic rings. The lowest BCUT2D eigenvalue weighted by Crippen LogP contribution is -2.32. The minimum atomic E-state index is -4.18. The minimum absolute atomic E-state index is 0.134. The van der Waals surface area contributed by atoms with E-state index in [9.17, 15) is 13.2 Å². The van der Waals surface area contributed by atoms with Crippen molar-refractivity contribution in [3.63, 3.8) is 0 Å². The summed E-state index contributed by atoms with van der Waals surface area (Å²) in [6.07, 6.45) is 0.847. The predicted molar refractivity (Wildman–Crippen MR) is 72.9 cm³/mol. The van der Waals surface area contributed by atoms with Crippen molar-refractivity contribution in [2.45, 2.75) is 25.1 Å². The van der Waals surface area contributed by atoms with Crippen molar-refractivity contribution in [1.29, 1.82) is 0 Å². The molecule has 108 valence electrons. The molecule has 0 saturated carbocycles. The first-order valence-corrected chi connectivity index (χ1v) is 6.98. The molecule has 1 heterocycles. The normalized spacial score (nSPS) is 17.6.